The summed E-state index contributed by atoms with van der Waals surface area (Å²) in [6, 6.07) is 13.5. The average molecular weight is 292 g/mol. The van der Waals surface area contributed by atoms with Gasteiger partial charge in [0.2, 0.25) is 0 Å². The summed E-state index contributed by atoms with van der Waals surface area (Å²) in [5.74, 6) is 0. The molecule has 1 aromatic heterocycles. The molecule has 2 aromatic carbocycles. The predicted octanol–water partition coefficient (Wildman–Crippen LogP) is 3.98. The van der Waals surface area contributed by atoms with Gasteiger partial charge < -0.3 is 4.90 Å². The highest BCUT2D eigenvalue weighted by Crippen LogP contribution is 2.19. The topological polar surface area (TPSA) is 33.2 Å². The molecule has 0 aliphatic carbocycles. The maximum atomic E-state index is 12.8. The van der Waals surface area contributed by atoms with Crippen molar-refractivity contribution in [2.75, 3.05) is 18.5 Å². The lowest BCUT2D eigenvalue weighted by molar-refractivity contribution is 0.766. The molecular weight excluding hydrogens is 272 g/mol. The van der Waals surface area contributed by atoms with Crippen LogP contribution in [0.4, 0.5) is 5.69 Å². The van der Waals surface area contributed by atoms with Gasteiger partial charge in [-0.05, 0) is 23.9 Å². The molecule has 0 bridgehead atoms. The first-order valence-corrected chi connectivity index (χ1v) is 7.73. The van der Waals surface area contributed by atoms with Gasteiger partial charge in [0.05, 0.1) is 22.8 Å². The molecule has 22 heavy (non-hydrogen) atoms. The lowest BCUT2D eigenvalue weighted by Crippen LogP contribution is -2.18. The highest BCUT2D eigenvalue weighted by atomic mass is 16.1. The number of anilines is 1. The summed E-state index contributed by atoms with van der Waals surface area (Å²) in [4.78, 5) is 19.5. The normalized spacial score (nSPS) is 11.0. The van der Waals surface area contributed by atoms with Gasteiger partial charge in [0.25, 0.3) is 0 Å². The minimum absolute atomic E-state index is 0.0499. The number of rotatable bonds is 4. The summed E-state index contributed by atoms with van der Waals surface area (Å²) < 4.78 is 0. The first kappa shape index (κ1) is 14.5. The number of pyridine rings is 1. The largest absolute Gasteiger partial charge is 0.373 e. The minimum Gasteiger partial charge on any atom is -0.373 e. The van der Waals surface area contributed by atoms with E-state index in [-0.39, 0.29) is 5.43 Å². The third kappa shape index (κ3) is 2.67. The van der Waals surface area contributed by atoms with Gasteiger partial charge in [-0.3, -0.25) is 9.78 Å². The smallest absolute Gasteiger partial charge is 0.195 e. The molecule has 0 radical (unpaired) electrons. The number of aromatic nitrogens is 1. The van der Waals surface area contributed by atoms with Crippen LogP contribution in [0.25, 0.3) is 21.7 Å². The van der Waals surface area contributed by atoms with Crippen molar-refractivity contribution in [1.82, 2.24) is 4.98 Å². The Morgan fingerprint density at radius 2 is 1.91 bits per heavy atom. The number of nitrogens with zero attached hydrogens (tertiary/aromatic N) is 2. The third-order valence-corrected chi connectivity index (χ3v) is 4.06. The van der Waals surface area contributed by atoms with E-state index in [1.165, 1.54) is 0 Å². The Balaban J connectivity index is 2.21. The molecule has 0 amide bonds. The number of benzene rings is 1. The van der Waals surface area contributed by atoms with Gasteiger partial charge >= 0.3 is 0 Å². The Hall–Kier alpha value is -2.42. The standard InChI is InChI=1S/C19H20N2O/c1-3-4-11-21(2)15-12-17-18(20-13-15)10-9-14-7-5-6-8-16(14)19(17)22/h5-10,12-13H,3-4,11H2,1-2H3. The molecule has 0 unspecified atom stereocenters. The van der Waals surface area contributed by atoms with E-state index in [4.69, 9.17) is 0 Å². The van der Waals surface area contributed by atoms with Gasteiger partial charge in [-0.1, -0.05) is 43.7 Å². The van der Waals surface area contributed by atoms with Crippen molar-refractivity contribution in [3.05, 3.63) is 58.9 Å². The van der Waals surface area contributed by atoms with Gasteiger partial charge in [0.15, 0.2) is 5.43 Å². The molecule has 0 saturated carbocycles. The molecule has 0 saturated heterocycles. The first-order chi connectivity index (χ1) is 10.7. The highest BCUT2D eigenvalue weighted by Gasteiger charge is 2.06. The van der Waals surface area contributed by atoms with Crippen LogP contribution in [-0.2, 0) is 0 Å². The van der Waals surface area contributed by atoms with Crippen molar-refractivity contribution in [2.45, 2.75) is 19.8 Å². The number of fused-ring (bicyclic) bond motifs is 2. The van der Waals surface area contributed by atoms with E-state index in [0.29, 0.717) is 5.39 Å². The van der Waals surface area contributed by atoms with E-state index in [9.17, 15) is 4.79 Å². The van der Waals surface area contributed by atoms with E-state index < -0.39 is 0 Å². The molecule has 0 spiro atoms. The number of hydrogen-bond donors (Lipinski definition) is 0. The Bertz CT molecular complexity index is 874. The summed E-state index contributed by atoms with van der Waals surface area (Å²) in [6.07, 6.45) is 4.13. The zero-order valence-corrected chi connectivity index (χ0v) is 13.0. The molecule has 0 aliphatic heterocycles. The molecule has 1 heterocycles. The van der Waals surface area contributed by atoms with Crippen LogP contribution in [0, 0.1) is 0 Å². The summed E-state index contributed by atoms with van der Waals surface area (Å²) >= 11 is 0. The second-order valence-electron chi connectivity index (χ2n) is 5.65. The molecule has 3 nitrogen and oxygen atoms in total. The summed E-state index contributed by atoms with van der Waals surface area (Å²) in [5.41, 5.74) is 1.79. The Morgan fingerprint density at radius 1 is 1.09 bits per heavy atom. The van der Waals surface area contributed by atoms with Crippen molar-refractivity contribution >= 4 is 27.4 Å². The van der Waals surface area contributed by atoms with Crippen molar-refractivity contribution in [3.8, 4) is 0 Å². The van der Waals surface area contributed by atoms with Crippen LogP contribution in [0.15, 0.2) is 53.5 Å². The predicted molar refractivity (Wildman–Crippen MR) is 93.7 cm³/mol. The Kier molecular flexibility index (Phi) is 4.05. The minimum atomic E-state index is 0.0499. The average Bonchev–Trinajstić information content (AvgIpc) is 2.70. The maximum Gasteiger partial charge on any atom is 0.195 e. The molecule has 0 fully saturated rings. The van der Waals surface area contributed by atoms with E-state index in [2.05, 4.69) is 16.8 Å². The van der Waals surface area contributed by atoms with E-state index in [0.717, 1.165) is 41.4 Å². The fourth-order valence-electron chi connectivity index (χ4n) is 2.68. The third-order valence-electron chi connectivity index (χ3n) is 4.06. The van der Waals surface area contributed by atoms with Crippen molar-refractivity contribution in [3.63, 3.8) is 0 Å². The molecule has 0 atom stereocenters. The SMILES string of the molecule is CCCCN(C)c1cnc2ccc3ccccc3c(=O)c2c1. The molecule has 112 valence electrons. The van der Waals surface area contributed by atoms with Gasteiger partial charge in [-0.25, -0.2) is 0 Å². The van der Waals surface area contributed by atoms with Crippen molar-refractivity contribution in [2.24, 2.45) is 0 Å². The van der Waals surface area contributed by atoms with E-state index in [1.54, 1.807) is 0 Å². The maximum absolute atomic E-state index is 12.8. The van der Waals surface area contributed by atoms with Crippen LogP contribution in [0.1, 0.15) is 19.8 Å². The van der Waals surface area contributed by atoms with Gasteiger partial charge in [-0.15, -0.1) is 0 Å². The fraction of sp³-hybridized carbons (Fsp3) is 0.263. The monoisotopic (exact) mass is 292 g/mol. The van der Waals surface area contributed by atoms with Crippen LogP contribution in [0.2, 0.25) is 0 Å². The summed E-state index contributed by atoms with van der Waals surface area (Å²) in [7, 11) is 2.05. The van der Waals surface area contributed by atoms with Gasteiger partial charge in [0, 0.05) is 19.0 Å². The van der Waals surface area contributed by atoms with Crippen molar-refractivity contribution in [1.29, 1.82) is 0 Å². The van der Waals surface area contributed by atoms with Gasteiger partial charge in [-0.2, -0.15) is 0 Å². The van der Waals surface area contributed by atoms with E-state index in [1.807, 2.05) is 55.7 Å². The second kappa shape index (κ2) is 6.14. The van der Waals surface area contributed by atoms with E-state index >= 15 is 0 Å². The molecule has 3 heteroatoms. The lowest BCUT2D eigenvalue weighted by Gasteiger charge is -2.18. The molecule has 3 rings (SSSR count). The Morgan fingerprint density at radius 3 is 2.73 bits per heavy atom. The van der Waals surface area contributed by atoms with Gasteiger partial charge in [0.1, 0.15) is 0 Å². The molecular formula is C19H20N2O. The van der Waals surface area contributed by atoms with Crippen LogP contribution in [0.5, 0.6) is 0 Å². The fourth-order valence-corrected chi connectivity index (χ4v) is 2.68. The van der Waals surface area contributed by atoms with Crippen LogP contribution >= 0.6 is 0 Å². The highest BCUT2D eigenvalue weighted by molar-refractivity contribution is 5.92. The zero-order chi connectivity index (χ0) is 15.5. The zero-order valence-electron chi connectivity index (χ0n) is 13.0. The Labute approximate surface area is 130 Å². The quantitative estimate of drug-likeness (QED) is 0.729. The molecule has 0 N–H and O–H groups in total. The number of hydrogen-bond acceptors (Lipinski definition) is 3. The summed E-state index contributed by atoms with van der Waals surface area (Å²) in [5, 5.41) is 2.38. The molecule has 3 aromatic rings. The number of unbranched alkanes of at least 4 members (excludes halogenated alkanes) is 1. The molecule has 0 aliphatic rings. The van der Waals surface area contributed by atoms with Crippen LogP contribution < -0.4 is 10.3 Å². The second-order valence-corrected chi connectivity index (χ2v) is 5.65. The van der Waals surface area contributed by atoms with Crippen molar-refractivity contribution < 1.29 is 0 Å². The first-order valence-electron chi connectivity index (χ1n) is 7.73. The van der Waals surface area contributed by atoms with Crippen LogP contribution in [0.3, 0.4) is 0 Å². The lowest BCUT2D eigenvalue weighted by atomic mass is 10.1. The van der Waals surface area contributed by atoms with Crippen LogP contribution in [-0.4, -0.2) is 18.6 Å². The summed E-state index contributed by atoms with van der Waals surface area (Å²) in [6.45, 7) is 3.14.